The molecule has 0 N–H and O–H groups in total. The lowest BCUT2D eigenvalue weighted by atomic mass is 10.0. The molecular formula is C19H19BrO2. The van der Waals surface area contributed by atoms with E-state index in [1.165, 1.54) is 17.2 Å². The highest BCUT2D eigenvalue weighted by atomic mass is 79.9. The van der Waals surface area contributed by atoms with Crippen molar-refractivity contribution in [1.29, 1.82) is 0 Å². The first kappa shape index (κ1) is 16.5. The first-order valence-electron chi connectivity index (χ1n) is 7.21. The Morgan fingerprint density at radius 3 is 2.41 bits per heavy atom. The van der Waals surface area contributed by atoms with E-state index in [2.05, 4.69) is 29.8 Å². The summed E-state index contributed by atoms with van der Waals surface area (Å²) in [5, 5.41) is 0. The van der Waals surface area contributed by atoms with Crippen LogP contribution in [0.25, 0.3) is 6.08 Å². The molecule has 0 aromatic heterocycles. The second-order valence-corrected chi connectivity index (χ2v) is 6.36. The largest absolute Gasteiger partial charge is 0.422 e. The van der Waals surface area contributed by atoms with Gasteiger partial charge in [-0.25, -0.2) is 4.79 Å². The van der Waals surface area contributed by atoms with Crippen LogP contribution in [0.2, 0.25) is 0 Å². The average Bonchev–Trinajstić information content (AvgIpc) is 2.48. The summed E-state index contributed by atoms with van der Waals surface area (Å²) in [4.78, 5) is 11.9. The van der Waals surface area contributed by atoms with Crippen molar-refractivity contribution in [2.24, 2.45) is 0 Å². The molecule has 0 bridgehead atoms. The number of carbonyl (C=O) groups is 1. The second kappa shape index (κ2) is 7.41. The molecule has 2 aromatic carbocycles. The first-order chi connectivity index (χ1) is 10.5. The third kappa shape index (κ3) is 4.57. The van der Waals surface area contributed by atoms with E-state index in [-0.39, 0.29) is 0 Å². The zero-order valence-corrected chi connectivity index (χ0v) is 14.6. The molecule has 2 aromatic rings. The van der Waals surface area contributed by atoms with Crippen LogP contribution in [0.4, 0.5) is 0 Å². The van der Waals surface area contributed by atoms with E-state index in [9.17, 15) is 4.79 Å². The van der Waals surface area contributed by atoms with Gasteiger partial charge in [0, 0.05) is 6.08 Å². The van der Waals surface area contributed by atoms with Crippen LogP contribution in [0.15, 0.2) is 53.0 Å². The SMILES string of the molecule is Cc1ccc(C=CC(=O)Oc2ccc(C(C)C)cc2Br)cc1. The topological polar surface area (TPSA) is 26.3 Å². The molecule has 0 fully saturated rings. The number of carbonyl (C=O) groups excluding carboxylic acids is 1. The maximum atomic E-state index is 11.9. The first-order valence-corrected chi connectivity index (χ1v) is 8.01. The molecule has 22 heavy (non-hydrogen) atoms. The van der Waals surface area contributed by atoms with Gasteiger partial charge in [0.1, 0.15) is 5.75 Å². The fraction of sp³-hybridized carbons (Fsp3) is 0.211. The van der Waals surface area contributed by atoms with E-state index in [1.54, 1.807) is 6.08 Å². The van der Waals surface area contributed by atoms with Crippen LogP contribution in [-0.2, 0) is 4.79 Å². The smallest absolute Gasteiger partial charge is 0.336 e. The molecule has 0 atom stereocenters. The summed E-state index contributed by atoms with van der Waals surface area (Å²) in [6, 6.07) is 13.7. The summed E-state index contributed by atoms with van der Waals surface area (Å²) >= 11 is 3.45. The minimum absolute atomic E-state index is 0.390. The number of ether oxygens (including phenoxy) is 1. The van der Waals surface area contributed by atoms with Crippen molar-refractivity contribution in [2.75, 3.05) is 0 Å². The maximum absolute atomic E-state index is 11.9. The molecule has 0 unspecified atom stereocenters. The molecule has 0 heterocycles. The van der Waals surface area contributed by atoms with E-state index in [0.717, 1.165) is 10.0 Å². The lowest BCUT2D eigenvalue weighted by Crippen LogP contribution is -2.04. The average molecular weight is 359 g/mol. The third-order valence-corrected chi connectivity index (χ3v) is 3.94. The number of halogens is 1. The Morgan fingerprint density at radius 1 is 1.14 bits per heavy atom. The zero-order chi connectivity index (χ0) is 16.1. The monoisotopic (exact) mass is 358 g/mol. The zero-order valence-electron chi connectivity index (χ0n) is 13.0. The van der Waals surface area contributed by atoms with Gasteiger partial charge in [-0.2, -0.15) is 0 Å². The van der Waals surface area contributed by atoms with Crippen LogP contribution >= 0.6 is 15.9 Å². The van der Waals surface area contributed by atoms with Crippen LogP contribution in [0.1, 0.15) is 36.5 Å². The highest BCUT2D eigenvalue weighted by molar-refractivity contribution is 9.10. The molecule has 0 amide bonds. The summed E-state index contributed by atoms with van der Waals surface area (Å²) in [6.45, 7) is 6.27. The van der Waals surface area contributed by atoms with Gasteiger partial charge in [-0.05, 0) is 58.1 Å². The maximum Gasteiger partial charge on any atom is 0.336 e. The van der Waals surface area contributed by atoms with Gasteiger partial charge in [-0.3, -0.25) is 0 Å². The minimum atomic E-state index is -0.390. The molecule has 0 radical (unpaired) electrons. The van der Waals surface area contributed by atoms with Crippen molar-refractivity contribution in [3.63, 3.8) is 0 Å². The lowest BCUT2D eigenvalue weighted by Gasteiger charge is -2.09. The van der Waals surface area contributed by atoms with Crippen LogP contribution in [0.3, 0.4) is 0 Å². The number of esters is 1. The molecular weight excluding hydrogens is 340 g/mol. The quantitative estimate of drug-likeness (QED) is 0.409. The number of aryl methyl sites for hydroxylation is 1. The summed E-state index contributed by atoms with van der Waals surface area (Å²) < 4.78 is 6.14. The number of hydrogen-bond donors (Lipinski definition) is 0. The Bertz CT molecular complexity index is 685. The van der Waals surface area contributed by atoms with Gasteiger partial charge in [0.15, 0.2) is 0 Å². The van der Waals surface area contributed by atoms with Gasteiger partial charge in [0.25, 0.3) is 0 Å². The van der Waals surface area contributed by atoms with Gasteiger partial charge < -0.3 is 4.74 Å². The molecule has 2 nitrogen and oxygen atoms in total. The van der Waals surface area contributed by atoms with Crippen LogP contribution in [0.5, 0.6) is 5.75 Å². The fourth-order valence-corrected chi connectivity index (χ4v) is 2.42. The molecule has 2 rings (SSSR count). The normalized spacial score (nSPS) is 11.1. The molecule has 3 heteroatoms. The summed E-state index contributed by atoms with van der Waals surface area (Å²) in [5.74, 6) is 0.573. The molecule has 0 aliphatic heterocycles. The van der Waals surface area contributed by atoms with Gasteiger partial charge in [-0.1, -0.05) is 49.7 Å². The summed E-state index contributed by atoms with van der Waals surface area (Å²) in [5.41, 5.74) is 3.35. The lowest BCUT2D eigenvalue weighted by molar-refractivity contribution is -0.128. The molecule has 0 spiro atoms. The highest BCUT2D eigenvalue weighted by Gasteiger charge is 2.08. The van der Waals surface area contributed by atoms with Crippen LogP contribution < -0.4 is 4.74 Å². The number of rotatable bonds is 4. The number of benzene rings is 2. The van der Waals surface area contributed by atoms with Crippen molar-refractivity contribution >= 4 is 28.0 Å². The van der Waals surface area contributed by atoms with E-state index in [1.807, 2.05) is 49.4 Å². The second-order valence-electron chi connectivity index (χ2n) is 5.51. The molecule has 0 aliphatic carbocycles. The van der Waals surface area contributed by atoms with Gasteiger partial charge >= 0.3 is 5.97 Å². The van der Waals surface area contributed by atoms with Crippen molar-refractivity contribution in [2.45, 2.75) is 26.7 Å². The minimum Gasteiger partial charge on any atom is -0.422 e. The Kier molecular flexibility index (Phi) is 5.56. The molecule has 0 saturated heterocycles. The van der Waals surface area contributed by atoms with Crippen LogP contribution in [0, 0.1) is 6.92 Å². The van der Waals surface area contributed by atoms with E-state index in [0.29, 0.717) is 11.7 Å². The molecule has 0 aliphatic rings. The van der Waals surface area contributed by atoms with Gasteiger partial charge in [0.2, 0.25) is 0 Å². The molecule has 0 saturated carbocycles. The predicted octanol–water partition coefficient (Wildman–Crippen LogP) is 5.50. The van der Waals surface area contributed by atoms with Crippen LogP contribution in [-0.4, -0.2) is 5.97 Å². The van der Waals surface area contributed by atoms with E-state index in [4.69, 9.17) is 4.74 Å². The fourth-order valence-electron chi connectivity index (χ4n) is 1.94. The Hall–Kier alpha value is -1.87. The van der Waals surface area contributed by atoms with Crippen molar-refractivity contribution in [1.82, 2.24) is 0 Å². The van der Waals surface area contributed by atoms with Gasteiger partial charge in [-0.15, -0.1) is 0 Å². The predicted molar refractivity (Wildman–Crippen MR) is 94.1 cm³/mol. The standard InChI is InChI=1S/C19H19BrO2/c1-13(2)16-9-10-18(17(20)12-16)22-19(21)11-8-15-6-4-14(3)5-7-15/h4-13H,1-3H3. The van der Waals surface area contributed by atoms with E-state index < -0.39 is 5.97 Å². The Balaban J connectivity index is 2.04. The van der Waals surface area contributed by atoms with Crippen molar-refractivity contribution < 1.29 is 9.53 Å². The highest BCUT2D eigenvalue weighted by Crippen LogP contribution is 2.29. The van der Waals surface area contributed by atoms with E-state index >= 15 is 0 Å². The number of hydrogen-bond acceptors (Lipinski definition) is 2. The Labute approximate surface area is 139 Å². The molecule has 114 valence electrons. The summed E-state index contributed by atoms with van der Waals surface area (Å²) in [6.07, 6.45) is 3.19. The van der Waals surface area contributed by atoms with Gasteiger partial charge in [0.05, 0.1) is 4.47 Å². The van der Waals surface area contributed by atoms with Crippen molar-refractivity contribution in [3.8, 4) is 5.75 Å². The van der Waals surface area contributed by atoms with Crippen molar-refractivity contribution in [3.05, 3.63) is 69.7 Å². The Morgan fingerprint density at radius 2 is 1.82 bits per heavy atom. The summed E-state index contributed by atoms with van der Waals surface area (Å²) in [7, 11) is 0. The third-order valence-electron chi connectivity index (χ3n) is 3.32.